The van der Waals surface area contributed by atoms with Gasteiger partial charge in [-0.15, -0.1) is 0 Å². The number of carbonyl (C=O) groups excluding carboxylic acids is 1. The molecule has 0 radical (unpaired) electrons. The molecular weight excluding hydrogens is 272 g/mol. The van der Waals surface area contributed by atoms with Crippen molar-refractivity contribution in [3.63, 3.8) is 0 Å². The highest BCUT2D eigenvalue weighted by molar-refractivity contribution is 5.90. The summed E-state index contributed by atoms with van der Waals surface area (Å²) in [6.07, 6.45) is 3.67. The van der Waals surface area contributed by atoms with Crippen molar-refractivity contribution in [2.24, 2.45) is 7.05 Å². The molecule has 0 aliphatic heterocycles. The average molecular weight is 288 g/mol. The maximum atomic E-state index is 11.7. The van der Waals surface area contributed by atoms with Gasteiger partial charge in [0.2, 0.25) is 0 Å². The molecule has 7 nitrogen and oxygen atoms in total. The normalized spacial score (nSPS) is 10.1. The highest BCUT2D eigenvalue weighted by atomic mass is 16.4. The van der Waals surface area contributed by atoms with Gasteiger partial charge in [0.1, 0.15) is 0 Å². The van der Waals surface area contributed by atoms with Crippen molar-refractivity contribution in [2.45, 2.75) is 6.42 Å². The summed E-state index contributed by atoms with van der Waals surface area (Å²) in [4.78, 5) is 22.7. The van der Waals surface area contributed by atoms with Gasteiger partial charge in [-0.2, -0.15) is 5.10 Å². The zero-order valence-electron chi connectivity index (χ0n) is 11.5. The van der Waals surface area contributed by atoms with Gasteiger partial charge in [0.05, 0.1) is 17.4 Å². The van der Waals surface area contributed by atoms with Gasteiger partial charge >= 0.3 is 12.0 Å². The number of carboxylic acids is 1. The Morgan fingerprint density at radius 1 is 1.33 bits per heavy atom. The van der Waals surface area contributed by atoms with Crippen LogP contribution in [0.25, 0.3) is 0 Å². The molecule has 2 rings (SSSR count). The third-order valence-electron chi connectivity index (χ3n) is 2.89. The van der Waals surface area contributed by atoms with E-state index in [1.807, 2.05) is 0 Å². The standard InChI is InChI=1S/C14H16N4O3/c1-18-9-11(8-16-18)17-14(21)15-7-6-10-4-2-3-5-12(10)13(19)20/h2-5,8-9H,6-7H2,1H3,(H,19,20)(H2,15,17,21). The molecule has 0 fully saturated rings. The van der Waals surface area contributed by atoms with Crippen LogP contribution in [0, 0.1) is 0 Å². The number of aromatic carboxylic acids is 1. The van der Waals surface area contributed by atoms with E-state index >= 15 is 0 Å². The summed E-state index contributed by atoms with van der Waals surface area (Å²) in [6.45, 7) is 0.344. The van der Waals surface area contributed by atoms with Gasteiger partial charge in [-0.3, -0.25) is 4.68 Å². The van der Waals surface area contributed by atoms with Crippen molar-refractivity contribution in [3.8, 4) is 0 Å². The monoisotopic (exact) mass is 288 g/mol. The SMILES string of the molecule is Cn1cc(NC(=O)NCCc2ccccc2C(=O)O)cn1. The lowest BCUT2D eigenvalue weighted by atomic mass is 10.0. The smallest absolute Gasteiger partial charge is 0.335 e. The minimum absolute atomic E-state index is 0.256. The number of carbonyl (C=O) groups is 2. The quantitative estimate of drug-likeness (QED) is 0.776. The van der Waals surface area contributed by atoms with Crippen molar-refractivity contribution >= 4 is 17.7 Å². The number of rotatable bonds is 5. The maximum Gasteiger partial charge on any atom is 0.335 e. The van der Waals surface area contributed by atoms with E-state index in [9.17, 15) is 9.59 Å². The molecule has 3 N–H and O–H groups in total. The first kappa shape index (κ1) is 14.6. The number of carboxylic acid groups (broad SMARTS) is 1. The molecule has 0 aliphatic carbocycles. The molecule has 110 valence electrons. The van der Waals surface area contributed by atoms with Gasteiger partial charge < -0.3 is 15.7 Å². The average Bonchev–Trinajstić information content (AvgIpc) is 2.84. The van der Waals surface area contributed by atoms with E-state index in [0.717, 1.165) is 0 Å². The van der Waals surface area contributed by atoms with Gasteiger partial charge in [0.15, 0.2) is 0 Å². The van der Waals surface area contributed by atoms with Crippen LogP contribution < -0.4 is 10.6 Å². The van der Waals surface area contributed by atoms with E-state index in [1.54, 1.807) is 48.4 Å². The van der Waals surface area contributed by atoms with E-state index in [0.29, 0.717) is 24.2 Å². The molecule has 0 atom stereocenters. The first-order valence-electron chi connectivity index (χ1n) is 6.41. The van der Waals surface area contributed by atoms with E-state index < -0.39 is 5.97 Å². The van der Waals surface area contributed by atoms with Crippen LogP contribution in [0.5, 0.6) is 0 Å². The fraction of sp³-hybridized carbons (Fsp3) is 0.214. The number of urea groups is 1. The molecule has 2 aromatic rings. The summed E-state index contributed by atoms with van der Waals surface area (Å²) >= 11 is 0. The van der Waals surface area contributed by atoms with Crippen molar-refractivity contribution < 1.29 is 14.7 Å². The second-order valence-electron chi connectivity index (χ2n) is 4.50. The van der Waals surface area contributed by atoms with Crippen LogP contribution in [0.3, 0.4) is 0 Å². The lowest BCUT2D eigenvalue weighted by molar-refractivity contribution is 0.0695. The number of amides is 2. The Hall–Kier alpha value is -2.83. The van der Waals surface area contributed by atoms with Crippen LogP contribution in [0.15, 0.2) is 36.7 Å². The third kappa shape index (κ3) is 4.07. The summed E-state index contributed by atoms with van der Waals surface area (Å²) in [5.41, 5.74) is 1.54. The van der Waals surface area contributed by atoms with E-state index in [4.69, 9.17) is 5.11 Å². The lowest BCUT2D eigenvalue weighted by Crippen LogP contribution is -2.30. The van der Waals surface area contributed by atoms with Crippen LogP contribution >= 0.6 is 0 Å². The lowest BCUT2D eigenvalue weighted by Gasteiger charge is -2.08. The third-order valence-corrected chi connectivity index (χ3v) is 2.89. The van der Waals surface area contributed by atoms with E-state index in [1.165, 1.54) is 0 Å². The maximum absolute atomic E-state index is 11.7. The van der Waals surface area contributed by atoms with E-state index in [2.05, 4.69) is 15.7 Å². The van der Waals surface area contributed by atoms with Crippen LogP contribution in [0.4, 0.5) is 10.5 Å². The summed E-state index contributed by atoms with van der Waals surface area (Å²) in [5, 5.41) is 18.3. The number of anilines is 1. The number of nitrogens with zero attached hydrogens (tertiary/aromatic N) is 2. The predicted octanol–water partition coefficient (Wildman–Crippen LogP) is 1.48. The Labute approximate surface area is 121 Å². The van der Waals surface area contributed by atoms with Gasteiger partial charge in [0, 0.05) is 19.8 Å². The van der Waals surface area contributed by atoms with Crippen molar-refractivity contribution in [1.82, 2.24) is 15.1 Å². The number of aryl methyl sites for hydroxylation is 1. The number of nitrogens with one attached hydrogen (secondary N) is 2. The Balaban J connectivity index is 1.84. The number of aromatic nitrogens is 2. The second-order valence-corrected chi connectivity index (χ2v) is 4.50. The number of hydrogen-bond donors (Lipinski definition) is 3. The molecule has 0 bridgehead atoms. The van der Waals surface area contributed by atoms with Gasteiger partial charge in [-0.05, 0) is 18.1 Å². The van der Waals surface area contributed by atoms with Crippen LogP contribution in [0.2, 0.25) is 0 Å². The molecule has 7 heteroatoms. The Kier molecular flexibility index (Phi) is 4.55. The van der Waals surface area contributed by atoms with Crippen molar-refractivity contribution in [2.75, 3.05) is 11.9 Å². The number of hydrogen-bond acceptors (Lipinski definition) is 3. The fourth-order valence-electron chi connectivity index (χ4n) is 1.92. The summed E-state index contributed by atoms with van der Waals surface area (Å²) < 4.78 is 1.58. The molecule has 0 aliphatic rings. The molecule has 0 saturated heterocycles. The molecule has 1 aromatic carbocycles. The summed E-state index contributed by atoms with van der Waals surface area (Å²) in [6, 6.07) is 6.39. The Morgan fingerprint density at radius 2 is 2.10 bits per heavy atom. The summed E-state index contributed by atoms with van der Waals surface area (Å²) in [7, 11) is 1.76. The van der Waals surface area contributed by atoms with Gasteiger partial charge in [-0.1, -0.05) is 18.2 Å². The molecule has 0 saturated carbocycles. The second kappa shape index (κ2) is 6.56. The first-order chi connectivity index (χ1) is 10.1. The van der Waals surface area contributed by atoms with Crippen LogP contribution in [-0.2, 0) is 13.5 Å². The number of benzene rings is 1. The topological polar surface area (TPSA) is 96.2 Å². The summed E-state index contributed by atoms with van der Waals surface area (Å²) in [5.74, 6) is -0.967. The molecular formula is C14H16N4O3. The molecule has 0 unspecified atom stereocenters. The first-order valence-corrected chi connectivity index (χ1v) is 6.41. The Bertz CT molecular complexity index is 651. The van der Waals surface area contributed by atoms with Crippen molar-refractivity contribution in [1.29, 1.82) is 0 Å². The highest BCUT2D eigenvalue weighted by Gasteiger charge is 2.09. The van der Waals surface area contributed by atoms with Crippen LogP contribution in [-0.4, -0.2) is 33.4 Å². The minimum Gasteiger partial charge on any atom is -0.478 e. The molecule has 0 spiro atoms. The van der Waals surface area contributed by atoms with E-state index in [-0.39, 0.29) is 11.6 Å². The molecule has 1 heterocycles. The van der Waals surface area contributed by atoms with Crippen LogP contribution in [0.1, 0.15) is 15.9 Å². The van der Waals surface area contributed by atoms with Crippen molar-refractivity contribution in [3.05, 3.63) is 47.8 Å². The Morgan fingerprint density at radius 3 is 2.76 bits per heavy atom. The zero-order valence-corrected chi connectivity index (χ0v) is 11.5. The molecule has 1 aromatic heterocycles. The molecule has 2 amide bonds. The predicted molar refractivity (Wildman–Crippen MR) is 77.3 cm³/mol. The molecule has 21 heavy (non-hydrogen) atoms. The van der Waals surface area contributed by atoms with Gasteiger partial charge in [0.25, 0.3) is 0 Å². The van der Waals surface area contributed by atoms with Gasteiger partial charge in [-0.25, -0.2) is 9.59 Å². The minimum atomic E-state index is -0.967. The zero-order chi connectivity index (χ0) is 15.2. The largest absolute Gasteiger partial charge is 0.478 e. The fourth-order valence-corrected chi connectivity index (χ4v) is 1.92. The highest BCUT2D eigenvalue weighted by Crippen LogP contribution is 2.09.